The van der Waals surface area contributed by atoms with Crippen molar-refractivity contribution in [3.8, 4) is 11.1 Å². The van der Waals surface area contributed by atoms with E-state index >= 15 is 0 Å². The number of pyridine rings is 1. The number of amides is 1. The summed E-state index contributed by atoms with van der Waals surface area (Å²) in [6, 6.07) is 10.6. The normalized spacial score (nSPS) is 23.8. The topological polar surface area (TPSA) is 79.9 Å². The molecule has 0 radical (unpaired) electrons. The summed E-state index contributed by atoms with van der Waals surface area (Å²) in [7, 11) is 0. The molecule has 1 aromatic carbocycles. The highest BCUT2D eigenvalue weighted by Crippen LogP contribution is 2.46. The molecule has 0 bridgehead atoms. The lowest BCUT2D eigenvalue weighted by molar-refractivity contribution is 0.128. The van der Waals surface area contributed by atoms with Gasteiger partial charge in [-0.3, -0.25) is 4.98 Å². The number of imidazole rings is 1. The Balaban J connectivity index is 1.32. The molecule has 2 aliphatic rings. The minimum atomic E-state index is -0.327. The number of rotatable bonds is 5. The molecular formula is C27H29FN4O2. The Kier molecular flexibility index (Phi) is 6.43. The molecule has 176 valence electrons. The quantitative estimate of drug-likeness (QED) is 0.527. The number of alkyl carbamates (subject to hydrolysis) is 1. The fourth-order valence-electron chi connectivity index (χ4n) is 5.50. The van der Waals surface area contributed by atoms with Gasteiger partial charge in [-0.05, 0) is 74.3 Å². The average molecular weight is 461 g/mol. The van der Waals surface area contributed by atoms with Crippen LogP contribution in [0.4, 0.5) is 9.18 Å². The highest BCUT2D eigenvalue weighted by Gasteiger charge is 2.41. The highest BCUT2D eigenvalue weighted by molar-refractivity contribution is 5.67. The number of nitrogens with one attached hydrogen (secondary N) is 2. The lowest BCUT2D eigenvalue weighted by Crippen LogP contribution is -2.44. The third-order valence-corrected chi connectivity index (χ3v) is 7.06. The second-order valence-electron chi connectivity index (χ2n) is 9.13. The summed E-state index contributed by atoms with van der Waals surface area (Å²) in [5.74, 6) is 0.908. The lowest BCUT2D eigenvalue weighted by atomic mass is 9.64. The molecule has 1 amide bonds. The smallest absolute Gasteiger partial charge is 0.407 e. The van der Waals surface area contributed by atoms with Gasteiger partial charge in [-0.15, -0.1) is 0 Å². The number of H-pyrrole nitrogens is 1. The molecule has 2 aromatic heterocycles. The third kappa shape index (κ3) is 4.74. The molecule has 3 aromatic rings. The molecule has 2 heterocycles. The molecule has 6 nitrogen and oxygen atoms in total. The van der Waals surface area contributed by atoms with Crippen LogP contribution in [-0.4, -0.2) is 33.7 Å². The predicted molar refractivity (Wildman–Crippen MR) is 128 cm³/mol. The molecule has 4 atom stereocenters. The number of fused-ring (bicyclic) bond motifs is 2. The highest BCUT2D eigenvalue weighted by atomic mass is 19.1. The molecular weight excluding hydrogens is 431 g/mol. The van der Waals surface area contributed by atoms with Gasteiger partial charge in [0.2, 0.25) is 0 Å². The van der Waals surface area contributed by atoms with Gasteiger partial charge in [0.15, 0.2) is 0 Å². The van der Waals surface area contributed by atoms with Gasteiger partial charge in [0, 0.05) is 29.4 Å². The number of hydrogen-bond acceptors (Lipinski definition) is 4. The molecule has 2 aliphatic carbocycles. The molecule has 0 aliphatic heterocycles. The average Bonchev–Trinajstić information content (AvgIpc) is 3.30. The van der Waals surface area contributed by atoms with Crippen molar-refractivity contribution in [2.75, 3.05) is 6.61 Å². The Hall–Kier alpha value is -3.48. The number of carbonyl (C=O) groups is 1. The zero-order valence-electron chi connectivity index (χ0n) is 19.2. The van der Waals surface area contributed by atoms with Gasteiger partial charge in [-0.2, -0.15) is 0 Å². The summed E-state index contributed by atoms with van der Waals surface area (Å²) < 4.78 is 18.6. The molecule has 1 saturated carbocycles. The van der Waals surface area contributed by atoms with Gasteiger partial charge in [0.25, 0.3) is 0 Å². The Bertz CT molecular complexity index is 1170. The van der Waals surface area contributed by atoms with Crippen LogP contribution in [0.15, 0.2) is 55.0 Å². The standard InChI is InChI=1S/C27H29FN4O2/c1-2-34-27(33)32-22-9-10-23-19(13-22)14-25-26(31-16-30-25)24(23)11-8-21-7-6-18(15-29-21)17-4-3-5-20(28)12-17/h3-8,11-12,15-16,19,22-24H,2,9-10,13-14H2,1H3,(H,30,31)(H,32,33)/b11-8+/t19-,22-,23+,24-/m0/s1. The SMILES string of the molecule is CCOC(=O)N[C@H]1CC[C@@H]2[C@H](Cc3nc[nH]c3[C@H]2/C=C/c2ccc(-c3cccc(F)c3)cn2)C1. The van der Waals surface area contributed by atoms with E-state index in [0.717, 1.165) is 48.2 Å². The van der Waals surface area contributed by atoms with Crippen LogP contribution in [0.5, 0.6) is 0 Å². The van der Waals surface area contributed by atoms with Gasteiger partial charge in [-0.25, -0.2) is 14.2 Å². The van der Waals surface area contributed by atoms with Crippen LogP contribution in [0.2, 0.25) is 0 Å². The first-order chi connectivity index (χ1) is 16.6. The van der Waals surface area contributed by atoms with Crippen LogP contribution in [0.1, 0.15) is 49.2 Å². The summed E-state index contributed by atoms with van der Waals surface area (Å²) in [5.41, 5.74) is 4.86. The maximum absolute atomic E-state index is 13.5. The maximum atomic E-state index is 13.5. The van der Waals surface area contributed by atoms with Crippen molar-refractivity contribution < 1.29 is 13.9 Å². The van der Waals surface area contributed by atoms with Gasteiger partial charge in [-0.1, -0.05) is 24.3 Å². The van der Waals surface area contributed by atoms with Gasteiger partial charge < -0.3 is 15.0 Å². The van der Waals surface area contributed by atoms with E-state index in [1.807, 2.05) is 25.1 Å². The second-order valence-corrected chi connectivity index (χ2v) is 9.13. The van der Waals surface area contributed by atoms with Gasteiger partial charge >= 0.3 is 6.09 Å². The number of ether oxygens (including phenoxy) is 1. The van der Waals surface area contributed by atoms with Gasteiger partial charge in [0.05, 0.1) is 24.3 Å². The number of aromatic amines is 1. The summed E-state index contributed by atoms with van der Waals surface area (Å²) in [6.07, 6.45) is 11.4. The van der Waals surface area contributed by atoms with E-state index in [-0.39, 0.29) is 23.9 Å². The van der Waals surface area contributed by atoms with E-state index in [0.29, 0.717) is 18.4 Å². The van der Waals surface area contributed by atoms with E-state index in [1.54, 1.807) is 18.6 Å². The Morgan fingerprint density at radius 1 is 1.24 bits per heavy atom. The number of hydrogen-bond donors (Lipinski definition) is 2. The zero-order chi connectivity index (χ0) is 23.5. The molecule has 1 fully saturated rings. The van der Waals surface area contributed by atoms with Crippen LogP contribution in [-0.2, 0) is 11.2 Å². The summed E-state index contributed by atoms with van der Waals surface area (Å²) >= 11 is 0. The largest absolute Gasteiger partial charge is 0.450 e. The van der Waals surface area contributed by atoms with E-state index < -0.39 is 0 Å². The first-order valence-electron chi connectivity index (χ1n) is 12.0. The van der Waals surface area contributed by atoms with Crippen molar-refractivity contribution in [3.05, 3.63) is 77.9 Å². The van der Waals surface area contributed by atoms with Crippen LogP contribution in [0.3, 0.4) is 0 Å². The summed E-state index contributed by atoms with van der Waals surface area (Å²) in [4.78, 5) is 24.4. The zero-order valence-corrected chi connectivity index (χ0v) is 19.2. The van der Waals surface area contributed by atoms with E-state index in [4.69, 9.17) is 4.74 Å². The first kappa shape index (κ1) is 22.3. The van der Waals surface area contributed by atoms with E-state index in [9.17, 15) is 9.18 Å². The van der Waals surface area contributed by atoms with Crippen molar-refractivity contribution in [3.63, 3.8) is 0 Å². The Morgan fingerprint density at radius 3 is 2.94 bits per heavy atom. The molecule has 0 spiro atoms. The molecule has 2 N–H and O–H groups in total. The van der Waals surface area contributed by atoms with E-state index in [2.05, 4.69) is 32.4 Å². The fourth-order valence-corrected chi connectivity index (χ4v) is 5.50. The number of carbonyl (C=O) groups excluding carboxylic acids is 1. The minimum Gasteiger partial charge on any atom is -0.450 e. The lowest BCUT2D eigenvalue weighted by Gasteiger charge is -2.42. The van der Waals surface area contributed by atoms with Crippen molar-refractivity contribution >= 4 is 12.2 Å². The van der Waals surface area contributed by atoms with Crippen molar-refractivity contribution in [1.29, 1.82) is 0 Å². The number of nitrogens with zero attached hydrogens (tertiary/aromatic N) is 2. The van der Waals surface area contributed by atoms with Crippen LogP contribution < -0.4 is 5.32 Å². The van der Waals surface area contributed by atoms with Crippen molar-refractivity contribution in [2.45, 2.75) is 44.6 Å². The predicted octanol–water partition coefficient (Wildman–Crippen LogP) is 5.49. The molecule has 7 heteroatoms. The third-order valence-electron chi connectivity index (χ3n) is 7.06. The van der Waals surface area contributed by atoms with Crippen molar-refractivity contribution in [1.82, 2.24) is 20.3 Å². The number of benzene rings is 1. The molecule has 0 saturated heterocycles. The Labute approximate surface area is 198 Å². The maximum Gasteiger partial charge on any atom is 0.407 e. The molecule has 0 unspecified atom stereocenters. The van der Waals surface area contributed by atoms with Crippen molar-refractivity contribution in [2.24, 2.45) is 11.8 Å². The van der Waals surface area contributed by atoms with Gasteiger partial charge in [0.1, 0.15) is 5.82 Å². The number of allylic oxidation sites excluding steroid dienone is 1. The molecule has 34 heavy (non-hydrogen) atoms. The summed E-state index contributed by atoms with van der Waals surface area (Å²) in [6.45, 7) is 2.20. The van der Waals surface area contributed by atoms with E-state index in [1.165, 1.54) is 17.8 Å². The summed E-state index contributed by atoms with van der Waals surface area (Å²) in [5, 5.41) is 3.02. The first-order valence-corrected chi connectivity index (χ1v) is 12.0. The number of aromatic nitrogens is 3. The van der Waals surface area contributed by atoms with Crippen LogP contribution in [0, 0.1) is 17.7 Å². The van der Waals surface area contributed by atoms with Crippen LogP contribution >= 0.6 is 0 Å². The number of halogens is 1. The second kappa shape index (κ2) is 9.79. The fraction of sp³-hybridized carbons (Fsp3) is 0.370. The molecule has 5 rings (SSSR count). The van der Waals surface area contributed by atoms with Crippen LogP contribution in [0.25, 0.3) is 17.2 Å². The Morgan fingerprint density at radius 2 is 2.15 bits per heavy atom. The minimum absolute atomic E-state index is 0.141. The monoisotopic (exact) mass is 460 g/mol.